The first kappa shape index (κ1) is 15.3. The van der Waals surface area contributed by atoms with Gasteiger partial charge in [-0.05, 0) is 12.0 Å². The molecule has 0 aliphatic carbocycles. The van der Waals surface area contributed by atoms with Gasteiger partial charge in [0.05, 0.1) is 0 Å². The Morgan fingerprint density at radius 2 is 2.00 bits per heavy atom. The van der Waals surface area contributed by atoms with Crippen molar-refractivity contribution in [3.05, 3.63) is 48.2 Å². The molecule has 1 atom stereocenters. The normalized spacial score (nSPS) is 20.2. The van der Waals surface area contributed by atoms with Crippen LogP contribution in [0.3, 0.4) is 0 Å². The number of carbonyl (C=O) groups excluding carboxylic acids is 2. The quantitative estimate of drug-likeness (QED) is 0.873. The van der Waals surface area contributed by atoms with Crippen LogP contribution in [0.1, 0.15) is 32.3 Å². The molecule has 1 aliphatic rings. The molecule has 0 spiro atoms. The Bertz CT molecular complexity index is 549. The zero-order valence-electron chi connectivity index (χ0n) is 12.6. The summed E-state index contributed by atoms with van der Waals surface area (Å²) in [6.45, 7) is 8.37. The third-order valence-corrected chi connectivity index (χ3v) is 4.23. The van der Waals surface area contributed by atoms with Crippen LogP contribution in [-0.2, 0) is 16.1 Å². The molecule has 1 heterocycles. The van der Waals surface area contributed by atoms with Gasteiger partial charge in [-0.1, -0.05) is 50.8 Å². The zero-order valence-corrected chi connectivity index (χ0v) is 12.6. The maximum Gasteiger partial charge on any atom is 0.228 e. The van der Waals surface area contributed by atoms with Crippen molar-refractivity contribution in [3.8, 4) is 0 Å². The van der Waals surface area contributed by atoms with Crippen molar-refractivity contribution >= 4 is 11.8 Å². The van der Waals surface area contributed by atoms with Gasteiger partial charge in [-0.3, -0.25) is 9.59 Å². The number of rotatable bonds is 5. The van der Waals surface area contributed by atoms with E-state index in [0.29, 0.717) is 19.4 Å². The molecule has 21 heavy (non-hydrogen) atoms. The van der Waals surface area contributed by atoms with Gasteiger partial charge >= 0.3 is 0 Å². The Balaban J connectivity index is 1.82. The number of hydrogen-bond acceptors (Lipinski definition) is 2. The average Bonchev–Trinajstić information content (AvgIpc) is 2.64. The van der Waals surface area contributed by atoms with Crippen LogP contribution in [0.15, 0.2) is 42.6 Å². The number of allylic oxidation sites excluding steroid dienone is 1. The Labute approximate surface area is 125 Å². The second kappa shape index (κ2) is 6.12. The fourth-order valence-corrected chi connectivity index (χ4v) is 2.59. The summed E-state index contributed by atoms with van der Waals surface area (Å²) in [6.07, 6.45) is 0.889. The highest BCUT2D eigenvalue weighted by Crippen LogP contribution is 2.40. The van der Waals surface area contributed by atoms with E-state index in [0.717, 1.165) is 11.3 Å². The van der Waals surface area contributed by atoms with Crippen molar-refractivity contribution in [2.24, 2.45) is 11.3 Å². The summed E-state index contributed by atoms with van der Waals surface area (Å²) >= 11 is 0. The molecule has 0 bridgehead atoms. The van der Waals surface area contributed by atoms with E-state index >= 15 is 0 Å². The van der Waals surface area contributed by atoms with E-state index in [4.69, 9.17) is 0 Å². The summed E-state index contributed by atoms with van der Waals surface area (Å²) in [7, 11) is 0. The molecule has 1 fully saturated rings. The first-order valence-electron chi connectivity index (χ1n) is 7.22. The van der Waals surface area contributed by atoms with E-state index in [9.17, 15) is 9.59 Å². The van der Waals surface area contributed by atoms with Gasteiger partial charge in [0, 0.05) is 30.0 Å². The predicted octanol–water partition coefficient (Wildman–Crippen LogP) is 2.37. The van der Waals surface area contributed by atoms with Gasteiger partial charge in [-0.25, -0.2) is 0 Å². The monoisotopic (exact) mass is 286 g/mol. The molecule has 0 saturated carbocycles. The second-order valence-electron chi connectivity index (χ2n) is 6.04. The van der Waals surface area contributed by atoms with Gasteiger partial charge in [0.1, 0.15) is 0 Å². The highest BCUT2D eigenvalue weighted by Gasteiger charge is 2.43. The van der Waals surface area contributed by atoms with Crippen molar-refractivity contribution in [1.29, 1.82) is 0 Å². The van der Waals surface area contributed by atoms with Crippen LogP contribution in [0, 0.1) is 11.3 Å². The van der Waals surface area contributed by atoms with E-state index in [2.05, 4.69) is 17.2 Å². The first-order valence-corrected chi connectivity index (χ1v) is 7.22. The molecule has 2 rings (SSSR count). The topological polar surface area (TPSA) is 58.2 Å². The summed E-state index contributed by atoms with van der Waals surface area (Å²) in [5.74, 6) is -0.242. The minimum atomic E-state index is -0.295. The third kappa shape index (κ3) is 3.51. The lowest BCUT2D eigenvalue weighted by Crippen LogP contribution is -2.28. The summed E-state index contributed by atoms with van der Waals surface area (Å²) in [5, 5.41) is 5.66. The molecule has 2 amide bonds. The summed E-state index contributed by atoms with van der Waals surface area (Å²) in [4.78, 5) is 23.8. The molecule has 1 aromatic carbocycles. The molecular formula is C17H22N2O2. The lowest BCUT2D eigenvalue weighted by molar-refractivity contribution is -0.125. The summed E-state index contributed by atoms with van der Waals surface area (Å²) in [5.41, 5.74) is 1.51. The van der Waals surface area contributed by atoms with Gasteiger partial charge in [0.25, 0.3) is 0 Å². The Hall–Kier alpha value is -2.10. The van der Waals surface area contributed by atoms with Gasteiger partial charge in [-0.15, -0.1) is 0 Å². The Morgan fingerprint density at radius 1 is 1.33 bits per heavy atom. The number of carbonyl (C=O) groups is 2. The van der Waals surface area contributed by atoms with E-state index in [1.807, 2.05) is 44.2 Å². The predicted molar refractivity (Wildman–Crippen MR) is 82.1 cm³/mol. The van der Waals surface area contributed by atoms with Gasteiger partial charge < -0.3 is 10.6 Å². The number of amides is 2. The first-order chi connectivity index (χ1) is 9.91. The van der Waals surface area contributed by atoms with Crippen molar-refractivity contribution in [1.82, 2.24) is 10.6 Å². The Morgan fingerprint density at radius 3 is 2.57 bits per heavy atom. The molecule has 4 heteroatoms. The molecule has 112 valence electrons. The van der Waals surface area contributed by atoms with Gasteiger partial charge in [-0.2, -0.15) is 0 Å². The van der Waals surface area contributed by atoms with Crippen molar-refractivity contribution in [2.45, 2.75) is 33.2 Å². The van der Waals surface area contributed by atoms with Crippen LogP contribution in [0.5, 0.6) is 0 Å². The molecule has 0 radical (unpaired) electrons. The maximum absolute atomic E-state index is 11.9. The van der Waals surface area contributed by atoms with Crippen LogP contribution in [0.25, 0.3) is 0 Å². The van der Waals surface area contributed by atoms with Crippen LogP contribution in [0.4, 0.5) is 0 Å². The number of hydrogen-bond donors (Lipinski definition) is 2. The highest BCUT2D eigenvalue weighted by atomic mass is 16.2. The van der Waals surface area contributed by atoms with Gasteiger partial charge in [0.2, 0.25) is 11.8 Å². The minimum absolute atomic E-state index is 0.0270. The second-order valence-corrected chi connectivity index (χ2v) is 6.04. The fourth-order valence-electron chi connectivity index (χ4n) is 2.59. The standard InChI is InChI=1S/C17H22N2O2/c1-12-17(2,3)14(16(21)19-12)9-10-15(20)18-11-13-7-5-4-6-8-13/h4-8,14H,1,9-11H2,2-3H3,(H,18,20)(H,19,21). The van der Waals surface area contributed by atoms with Crippen molar-refractivity contribution in [2.75, 3.05) is 0 Å². The van der Waals surface area contributed by atoms with E-state index in [1.54, 1.807) is 0 Å². The highest BCUT2D eigenvalue weighted by molar-refractivity contribution is 5.86. The summed E-state index contributed by atoms with van der Waals surface area (Å²) < 4.78 is 0. The summed E-state index contributed by atoms with van der Waals surface area (Å²) in [6, 6.07) is 9.77. The fraction of sp³-hybridized carbons (Fsp3) is 0.412. The molecule has 1 aromatic rings. The van der Waals surface area contributed by atoms with Crippen LogP contribution in [-0.4, -0.2) is 11.8 Å². The third-order valence-electron chi connectivity index (χ3n) is 4.23. The smallest absolute Gasteiger partial charge is 0.228 e. The zero-order chi connectivity index (χ0) is 15.5. The molecule has 1 saturated heterocycles. The lowest BCUT2D eigenvalue weighted by atomic mass is 9.77. The number of nitrogens with one attached hydrogen (secondary N) is 2. The molecule has 4 nitrogen and oxygen atoms in total. The molecule has 1 unspecified atom stereocenters. The van der Waals surface area contributed by atoms with Crippen LogP contribution >= 0.6 is 0 Å². The Kier molecular flexibility index (Phi) is 4.46. The lowest BCUT2D eigenvalue weighted by Gasteiger charge is -2.24. The average molecular weight is 286 g/mol. The van der Waals surface area contributed by atoms with E-state index in [-0.39, 0.29) is 23.1 Å². The molecule has 0 aromatic heterocycles. The largest absolute Gasteiger partial charge is 0.352 e. The van der Waals surface area contributed by atoms with Crippen LogP contribution < -0.4 is 10.6 Å². The van der Waals surface area contributed by atoms with Crippen molar-refractivity contribution in [3.63, 3.8) is 0 Å². The van der Waals surface area contributed by atoms with Crippen molar-refractivity contribution < 1.29 is 9.59 Å². The van der Waals surface area contributed by atoms with E-state index < -0.39 is 0 Å². The molecule has 2 N–H and O–H groups in total. The minimum Gasteiger partial charge on any atom is -0.352 e. The maximum atomic E-state index is 11.9. The van der Waals surface area contributed by atoms with Crippen LogP contribution in [0.2, 0.25) is 0 Å². The molecular weight excluding hydrogens is 264 g/mol. The molecule has 1 aliphatic heterocycles. The SMILES string of the molecule is C=C1NC(=O)C(CCC(=O)NCc2ccccc2)C1(C)C. The van der Waals surface area contributed by atoms with Gasteiger partial charge in [0.15, 0.2) is 0 Å². The van der Waals surface area contributed by atoms with E-state index in [1.165, 1.54) is 0 Å². The number of benzene rings is 1.